The van der Waals surface area contributed by atoms with Gasteiger partial charge in [-0.2, -0.15) is 0 Å². The second-order valence-corrected chi connectivity index (χ2v) is 7.50. The number of ether oxygens (including phenoxy) is 1. The van der Waals surface area contributed by atoms with E-state index in [2.05, 4.69) is 42.8 Å². The molecule has 0 aromatic carbocycles. The van der Waals surface area contributed by atoms with Crippen molar-refractivity contribution in [3.05, 3.63) is 48.4 Å². The lowest BCUT2D eigenvalue weighted by Crippen LogP contribution is -2.41. The number of aryl methyl sites for hydroxylation is 1. The van der Waals surface area contributed by atoms with Gasteiger partial charge in [-0.15, -0.1) is 5.10 Å². The van der Waals surface area contributed by atoms with Gasteiger partial charge >= 0.3 is 0 Å². The summed E-state index contributed by atoms with van der Waals surface area (Å²) in [5.74, 6) is 1.73. The third kappa shape index (κ3) is 4.03. The molecule has 10 heteroatoms. The van der Waals surface area contributed by atoms with E-state index in [1.807, 2.05) is 38.4 Å². The average molecular weight is 419 g/mol. The molecule has 0 spiro atoms. The summed E-state index contributed by atoms with van der Waals surface area (Å²) in [6.45, 7) is 2.60. The Hall–Kier alpha value is -3.63. The minimum absolute atomic E-state index is 0.336. The van der Waals surface area contributed by atoms with Gasteiger partial charge in [0.25, 0.3) is 0 Å². The molecule has 10 nitrogen and oxygen atoms in total. The summed E-state index contributed by atoms with van der Waals surface area (Å²) in [6.07, 6.45) is 5.12. The fourth-order valence-corrected chi connectivity index (χ4v) is 3.46. The van der Waals surface area contributed by atoms with E-state index >= 15 is 0 Å². The van der Waals surface area contributed by atoms with Gasteiger partial charge in [0.15, 0.2) is 0 Å². The Morgan fingerprint density at radius 3 is 2.68 bits per heavy atom. The average Bonchev–Trinajstić information content (AvgIpc) is 3.19. The minimum atomic E-state index is -0.336. The van der Waals surface area contributed by atoms with Crippen LogP contribution in [-0.4, -0.2) is 50.7 Å². The van der Waals surface area contributed by atoms with Crippen LogP contribution >= 0.6 is 0 Å². The summed E-state index contributed by atoms with van der Waals surface area (Å²) in [6, 6.07) is 7.81. The van der Waals surface area contributed by atoms with Gasteiger partial charge in [0.05, 0.1) is 24.0 Å². The summed E-state index contributed by atoms with van der Waals surface area (Å²) >= 11 is 0. The number of hydrogen-bond acceptors (Lipinski definition) is 9. The van der Waals surface area contributed by atoms with Crippen molar-refractivity contribution in [1.29, 1.82) is 0 Å². The number of nitrogens with zero attached hydrogens (tertiary/aromatic N) is 6. The number of aromatic nitrogens is 6. The molecule has 0 saturated carbocycles. The van der Waals surface area contributed by atoms with Crippen LogP contribution in [0.15, 0.2) is 42.9 Å². The second kappa shape index (κ2) is 8.25. The van der Waals surface area contributed by atoms with Crippen LogP contribution in [-0.2, 0) is 17.3 Å². The molecule has 0 fully saturated rings. The predicted octanol–water partition coefficient (Wildman–Crippen LogP) is 2.23. The van der Waals surface area contributed by atoms with Crippen LogP contribution in [0.2, 0.25) is 0 Å². The van der Waals surface area contributed by atoms with Gasteiger partial charge in [-0.25, -0.2) is 19.6 Å². The lowest BCUT2D eigenvalue weighted by Gasteiger charge is -2.29. The number of pyridine rings is 3. The molecule has 0 aliphatic heterocycles. The maximum Gasteiger partial charge on any atom is 0.133 e. The second-order valence-electron chi connectivity index (χ2n) is 7.50. The van der Waals surface area contributed by atoms with Crippen LogP contribution in [0.25, 0.3) is 22.2 Å². The van der Waals surface area contributed by atoms with Gasteiger partial charge in [-0.05, 0) is 49.2 Å². The van der Waals surface area contributed by atoms with Crippen molar-refractivity contribution < 1.29 is 4.74 Å². The highest BCUT2D eigenvalue weighted by Crippen LogP contribution is 2.28. The van der Waals surface area contributed by atoms with E-state index in [0.29, 0.717) is 29.8 Å². The van der Waals surface area contributed by atoms with E-state index < -0.39 is 0 Å². The van der Waals surface area contributed by atoms with Gasteiger partial charge in [-0.1, -0.05) is 5.21 Å². The molecule has 160 valence electrons. The topological polar surface area (TPSA) is 129 Å². The van der Waals surface area contributed by atoms with E-state index in [1.165, 1.54) is 0 Å². The van der Waals surface area contributed by atoms with Gasteiger partial charge < -0.3 is 21.1 Å². The molecule has 0 bridgehead atoms. The molecule has 0 amide bonds. The lowest BCUT2D eigenvalue weighted by molar-refractivity contribution is 0.123. The van der Waals surface area contributed by atoms with Crippen LogP contribution in [0.5, 0.6) is 0 Å². The highest BCUT2D eigenvalue weighted by Gasteiger charge is 2.25. The van der Waals surface area contributed by atoms with Crippen molar-refractivity contribution in [2.45, 2.75) is 12.5 Å². The van der Waals surface area contributed by atoms with Crippen LogP contribution in [0.1, 0.15) is 12.5 Å². The Kier molecular flexibility index (Phi) is 5.49. The Morgan fingerprint density at radius 2 is 1.97 bits per heavy atom. The first kappa shape index (κ1) is 20.6. The van der Waals surface area contributed by atoms with Gasteiger partial charge in [0, 0.05) is 31.9 Å². The number of likely N-dealkylation sites (N-methyl/N-ethyl adjacent to an activating group) is 1. The number of rotatable bonds is 7. The first-order chi connectivity index (χ1) is 14.9. The molecular weight excluding hydrogens is 394 g/mol. The summed E-state index contributed by atoms with van der Waals surface area (Å²) in [4.78, 5) is 13.4. The molecular formula is C21H25N9O. The Balaban J connectivity index is 1.68. The summed E-state index contributed by atoms with van der Waals surface area (Å²) in [7, 11) is 5.40. The van der Waals surface area contributed by atoms with Crippen molar-refractivity contribution in [3.8, 4) is 11.4 Å². The van der Waals surface area contributed by atoms with Crippen LogP contribution in [0.4, 0.5) is 17.5 Å². The largest absolute Gasteiger partial charge is 0.383 e. The normalized spacial score (nSPS) is 13.3. The lowest BCUT2D eigenvalue weighted by atomic mass is 9.94. The third-order valence-electron chi connectivity index (χ3n) is 5.36. The molecule has 1 atom stereocenters. The van der Waals surface area contributed by atoms with Gasteiger partial charge in [0.1, 0.15) is 23.1 Å². The maximum atomic E-state index is 6.17. The zero-order valence-electron chi connectivity index (χ0n) is 17.9. The number of anilines is 3. The highest BCUT2D eigenvalue weighted by molar-refractivity contribution is 5.94. The zero-order chi connectivity index (χ0) is 22.0. The number of nitrogen functional groups attached to an aromatic ring is 1. The Bertz CT molecular complexity index is 1220. The smallest absolute Gasteiger partial charge is 0.133 e. The van der Waals surface area contributed by atoms with E-state index in [1.54, 1.807) is 30.4 Å². The molecule has 0 aliphatic rings. The zero-order valence-corrected chi connectivity index (χ0v) is 17.9. The molecule has 0 aliphatic carbocycles. The van der Waals surface area contributed by atoms with E-state index in [4.69, 9.17) is 10.5 Å². The number of nitrogens with one attached hydrogen (secondary N) is 2. The quantitative estimate of drug-likeness (QED) is 0.413. The third-order valence-corrected chi connectivity index (χ3v) is 5.36. The molecule has 4 heterocycles. The van der Waals surface area contributed by atoms with Gasteiger partial charge in [-0.3, -0.25) is 0 Å². The SMILES string of the molecule is CN[C@](C)(COC)c1ccnc(Nc2cc3cc(-c4cnnn4C)nc(N)c3cn2)c1. The number of hydrogen-bond donors (Lipinski definition) is 3. The molecule has 0 saturated heterocycles. The van der Waals surface area contributed by atoms with Crippen molar-refractivity contribution in [2.24, 2.45) is 7.05 Å². The fraction of sp³-hybridized carbons (Fsp3) is 0.286. The molecule has 4 rings (SSSR count). The van der Waals surface area contributed by atoms with E-state index in [9.17, 15) is 0 Å². The minimum Gasteiger partial charge on any atom is -0.383 e. The van der Waals surface area contributed by atoms with Crippen molar-refractivity contribution in [2.75, 3.05) is 31.8 Å². The maximum absolute atomic E-state index is 6.17. The molecule has 4 N–H and O–H groups in total. The molecule has 4 aromatic rings. The number of methoxy groups -OCH3 is 1. The number of nitrogens with two attached hydrogens (primary N) is 1. The van der Waals surface area contributed by atoms with Crippen molar-refractivity contribution >= 4 is 28.2 Å². The van der Waals surface area contributed by atoms with Crippen LogP contribution in [0, 0.1) is 0 Å². The van der Waals surface area contributed by atoms with Crippen molar-refractivity contribution in [3.63, 3.8) is 0 Å². The van der Waals surface area contributed by atoms with Crippen LogP contribution < -0.4 is 16.4 Å². The fourth-order valence-electron chi connectivity index (χ4n) is 3.46. The summed E-state index contributed by atoms with van der Waals surface area (Å²) < 4.78 is 7.03. The van der Waals surface area contributed by atoms with E-state index in [-0.39, 0.29) is 5.54 Å². The molecule has 0 unspecified atom stereocenters. The van der Waals surface area contributed by atoms with Crippen molar-refractivity contribution in [1.82, 2.24) is 35.3 Å². The van der Waals surface area contributed by atoms with Crippen LogP contribution in [0.3, 0.4) is 0 Å². The first-order valence-electron chi connectivity index (χ1n) is 9.76. The van der Waals surface area contributed by atoms with E-state index in [0.717, 1.165) is 22.0 Å². The Morgan fingerprint density at radius 1 is 1.16 bits per heavy atom. The number of fused-ring (bicyclic) bond motifs is 1. The molecule has 4 aromatic heterocycles. The molecule has 31 heavy (non-hydrogen) atoms. The van der Waals surface area contributed by atoms with Gasteiger partial charge in [0.2, 0.25) is 0 Å². The summed E-state index contributed by atoms with van der Waals surface area (Å²) in [5.41, 5.74) is 8.36. The monoisotopic (exact) mass is 419 g/mol. The highest BCUT2D eigenvalue weighted by atomic mass is 16.5. The standard InChI is InChI=1S/C21H25N9O/c1-21(23-2,12-31-4)14-5-6-24-19(9-14)28-18-8-13-7-16(17-11-26-29-30(17)3)27-20(22)15(13)10-25-18/h5-11,23H,12H2,1-4H3,(H2,22,27)(H,24,25,28)/t21-/m1/s1. The first-order valence-corrected chi connectivity index (χ1v) is 9.76. The molecule has 0 radical (unpaired) electrons. The predicted molar refractivity (Wildman–Crippen MR) is 120 cm³/mol. The Labute approximate surface area is 179 Å². The summed E-state index contributed by atoms with van der Waals surface area (Å²) in [5, 5.41) is 16.1.